The second-order valence-electron chi connectivity index (χ2n) is 4.39. The van der Waals surface area contributed by atoms with Crippen molar-refractivity contribution in [1.82, 2.24) is 0 Å². The zero-order chi connectivity index (χ0) is 8.11. The molecule has 2 heteroatoms. The molecule has 0 aliphatic carbocycles. The lowest BCUT2D eigenvalue weighted by molar-refractivity contribution is -0.152. The van der Waals surface area contributed by atoms with E-state index in [4.69, 9.17) is 4.74 Å². The zero-order valence-corrected chi connectivity index (χ0v) is 7.14. The summed E-state index contributed by atoms with van der Waals surface area (Å²) >= 11 is 0. The number of hydrogen-bond acceptors (Lipinski definition) is 2. The standard InChI is InChI=1S/C9H14O2/c1-8-3-4-9(2,11-8)6-7(10)5-8/h3-6H2,1-2H3/t8-,9+. The van der Waals surface area contributed by atoms with Crippen LogP contribution < -0.4 is 0 Å². The van der Waals surface area contributed by atoms with Crippen molar-refractivity contribution in [1.29, 1.82) is 0 Å². The van der Waals surface area contributed by atoms with Gasteiger partial charge in [-0.3, -0.25) is 4.79 Å². The van der Waals surface area contributed by atoms with Gasteiger partial charge in [0.1, 0.15) is 5.78 Å². The number of rotatable bonds is 0. The van der Waals surface area contributed by atoms with Gasteiger partial charge in [-0.05, 0) is 26.7 Å². The van der Waals surface area contributed by atoms with Crippen LogP contribution in [0.1, 0.15) is 39.5 Å². The van der Waals surface area contributed by atoms with Crippen LogP contribution in [0.15, 0.2) is 0 Å². The van der Waals surface area contributed by atoms with Crippen molar-refractivity contribution in [3.63, 3.8) is 0 Å². The van der Waals surface area contributed by atoms with Crippen LogP contribution in [-0.2, 0) is 9.53 Å². The second-order valence-corrected chi connectivity index (χ2v) is 4.39. The number of Topliss-reactive ketones (excluding diaryl/α,β-unsaturated/α-hetero) is 1. The summed E-state index contributed by atoms with van der Waals surface area (Å²) in [4.78, 5) is 11.3. The van der Waals surface area contributed by atoms with E-state index in [0.717, 1.165) is 12.8 Å². The Balaban J connectivity index is 2.28. The van der Waals surface area contributed by atoms with Gasteiger partial charge in [-0.2, -0.15) is 0 Å². The van der Waals surface area contributed by atoms with Crippen molar-refractivity contribution >= 4 is 5.78 Å². The molecular formula is C9H14O2. The average Bonchev–Trinajstić information content (AvgIpc) is 2.01. The topological polar surface area (TPSA) is 26.3 Å². The fraction of sp³-hybridized carbons (Fsp3) is 0.889. The highest BCUT2D eigenvalue weighted by atomic mass is 16.5. The van der Waals surface area contributed by atoms with E-state index in [1.165, 1.54) is 0 Å². The predicted octanol–water partition coefficient (Wildman–Crippen LogP) is 1.68. The monoisotopic (exact) mass is 154 g/mol. The molecule has 2 rings (SSSR count). The number of ketones is 1. The summed E-state index contributed by atoms with van der Waals surface area (Å²) < 4.78 is 5.82. The summed E-state index contributed by atoms with van der Waals surface area (Å²) in [6.07, 6.45) is 3.36. The van der Waals surface area contributed by atoms with Gasteiger partial charge in [0, 0.05) is 12.8 Å². The normalized spacial score (nSPS) is 49.8. The van der Waals surface area contributed by atoms with Crippen molar-refractivity contribution in [2.45, 2.75) is 50.7 Å². The molecule has 0 aromatic heterocycles. The Kier molecular flexibility index (Phi) is 1.23. The molecule has 2 atom stereocenters. The van der Waals surface area contributed by atoms with E-state index in [0.29, 0.717) is 18.6 Å². The maximum atomic E-state index is 11.3. The number of ether oxygens (including phenoxy) is 1. The molecule has 0 amide bonds. The first-order chi connectivity index (χ1) is 5.02. The Morgan fingerprint density at radius 1 is 1.18 bits per heavy atom. The number of fused-ring (bicyclic) bond motifs is 2. The molecule has 0 aromatic carbocycles. The van der Waals surface area contributed by atoms with E-state index >= 15 is 0 Å². The van der Waals surface area contributed by atoms with E-state index in [-0.39, 0.29) is 11.2 Å². The molecule has 2 fully saturated rings. The minimum atomic E-state index is -0.121. The summed E-state index contributed by atoms with van der Waals surface area (Å²) in [5, 5.41) is 0. The Labute approximate surface area is 66.9 Å². The summed E-state index contributed by atoms with van der Waals surface area (Å²) in [5.74, 6) is 0.374. The molecule has 0 N–H and O–H groups in total. The molecule has 0 spiro atoms. The van der Waals surface area contributed by atoms with Gasteiger partial charge < -0.3 is 4.74 Å². The highest BCUT2D eigenvalue weighted by Crippen LogP contribution is 2.46. The third kappa shape index (κ3) is 1.09. The molecule has 62 valence electrons. The van der Waals surface area contributed by atoms with E-state index in [2.05, 4.69) is 13.8 Å². The highest BCUT2D eigenvalue weighted by molar-refractivity contribution is 5.81. The lowest BCUT2D eigenvalue weighted by Gasteiger charge is -2.34. The molecule has 2 nitrogen and oxygen atoms in total. The smallest absolute Gasteiger partial charge is 0.138 e. The van der Waals surface area contributed by atoms with Gasteiger partial charge >= 0.3 is 0 Å². The Morgan fingerprint density at radius 2 is 1.64 bits per heavy atom. The SMILES string of the molecule is C[C@]12CC[C@](C)(CC(=O)C1)O2. The molecule has 2 saturated heterocycles. The van der Waals surface area contributed by atoms with Gasteiger partial charge in [-0.15, -0.1) is 0 Å². The molecular weight excluding hydrogens is 140 g/mol. The van der Waals surface area contributed by atoms with Gasteiger partial charge in [0.2, 0.25) is 0 Å². The first kappa shape index (κ1) is 7.29. The second kappa shape index (κ2) is 1.86. The van der Waals surface area contributed by atoms with E-state index in [9.17, 15) is 4.79 Å². The van der Waals surface area contributed by atoms with Crippen molar-refractivity contribution < 1.29 is 9.53 Å². The third-order valence-corrected chi connectivity index (χ3v) is 2.82. The van der Waals surface area contributed by atoms with Crippen LogP contribution >= 0.6 is 0 Å². The van der Waals surface area contributed by atoms with Gasteiger partial charge in [0.15, 0.2) is 0 Å². The number of carbonyl (C=O) groups is 1. The van der Waals surface area contributed by atoms with Gasteiger partial charge in [0.05, 0.1) is 11.2 Å². The first-order valence-electron chi connectivity index (χ1n) is 4.23. The first-order valence-corrected chi connectivity index (χ1v) is 4.23. The molecule has 2 bridgehead atoms. The van der Waals surface area contributed by atoms with Crippen molar-refractivity contribution in [3.8, 4) is 0 Å². The van der Waals surface area contributed by atoms with E-state index in [1.54, 1.807) is 0 Å². The maximum absolute atomic E-state index is 11.3. The van der Waals surface area contributed by atoms with Crippen molar-refractivity contribution in [2.24, 2.45) is 0 Å². The summed E-state index contributed by atoms with van der Waals surface area (Å²) in [6, 6.07) is 0. The quantitative estimate of drug-likeness (QED) is 0.530. The van der Waals surface area contributed by atoms with Crippen LogP contribution in [0.3, 0.4) is 0 Å². The highest BCUT2D eigenvalue weighted by Gasteiger charge is 2.49. The Hall–Kier alpha value is -0.370. The lowest BCUT2D eigenvalue weighted by Crippen LogP contribution is -2.40. The molecule has 0 aromatic rings. The molecule has 0 unspecified atom stereocenters. The lowest BCUT2D eigenvalue weighted by atomic mass is 9.94. The fourth-order valence-electron chi connectivity index (χ4n) is 2.37. The Morgan fingerprint density at radius 3 is 2.09 bits per heavy atom. The minimum absolute atomic E-state index is 0.121. The largest absolute Gasteiger partial charge is 0.368 e. The van der Waals surface area contributed by atoms with E-state index in [1.807, 2.05) is 0 Å². The third-order valence-electron chi connectivity index (χ3n) is 2.82. The van der Waals surface area contributed by atoms with Crippen LogP contribution in [0.2, 0.25) is 0 Å². The number of carbonyl (C=O) groups excluding carboxylic acids is 1. The zero-order valence-electron chi connectivity index (χ0n) is 7.14. The summed E-state index contributed by atoms with van der Waals surface area (Å²) in [6.45, 7) is 4.10. The van der Waals surface area contributed by atoms with Crippen molar-refractivity contribution in [2.75, 3.05) is 0 Å². The average molecular weight is 154 g/mol. The molecule has 2 heterocycles. The van der Waals surface area contributed by atoms with Crippen molar-refractivity contribution in [3.05, 3.63) is 0 Å². The molecule has 11 heavy (non-hydrogen) atoms. The van der Waals surface area contributed by atoms with Crippen LogP contribution in [0.4, 0.5) is 0 Å². The summed E-state index contributed by atoms with van der Waals surface area (Å²) in [7, 11) is 0. The predicted molar refractivity (Wildman–Crippen MR) is 41.4 cm³/mol. The van der Waals surface area contributed by atoms with Gasteiger partial charge in [-0.25, -0.2) is 0 Å². The van der Waals surface area contributed by atoms with Gasteiger partial charge in [0.25, 0.3) is 0 Å². The van der Waals surface area contributed by atoms with Crippen LogP contribution in [0, 0.1) is 0 Å². The van der Waals surface area contributed by atoms with Crippen LogP contribution in [0.25, 0.3) is 0 Å². The van der Waals surface area contributed by atoms with Gasteiger partial charge in [-0.1, -0.05) is 0 Å². The molecule has 2 aliphatic rings. The summed E-state index contributed by atoms with van der Waals surface area (Å²) in [5.41, 5.74) is -0.242. The molecule has 0 saturated carbocycles. The van der Waals surface area contributed by atoms with E-state index < -0.39 is 0 Å². The van der Waals surface area contributed by atoms with Crippen LogP contribution in [-0.4, -0.2) is 17.0 Å². The molecule has 0 radical (unpaired) electrons. The Bertz CT molecular complexity index is 192. The maximum Gasteiger partial charge on any atom is 0.138 e. The minimum Gasteiger partial charge on any atom is -0.368 e. The fourth-order valence-corrected chi connectivity index (χ4v) is 2.37. The van der Waals surface area contributed by atoms with Crippen LogP contribution in [0.5, 0.6) is 0 Å². The number of hydrogen-bond donors (Lipinski definition) is 0. The molecule has 2 aliphatic heterocycles.